The number of nitrogens with two attached hydrogens (primary N) is 1. The van der Waals surface area contributed by atoms with Crippen molar-refractivity contribution in [2.45, 2.75) is 39.3 Å². The van der Waals surface area contributed by atoms with Crippen LogP contribution in [0.1, 0.15) is 36.6 Å². The van der Waals surface area contributed by atoms with E-state index < -0.39 is 0 Å². The lowest BCUT2D eigenvalue weighted by Crippen LogP contribution is -2.31. The quantitative estimate of drug-likeness (QED) is 0.582. The van der Waals surface area contributed by atoms with Crippen molar-refractivity contribution in [2.24, 2.45) is 5.84 Å². The Kier molecular flexibility index (Phi) is 4.53. The molecule has 19 heavy (non-hydrogen) atoms. The third-order valence-corrected chi connectivity index (χ3v) is 2.88. The third-order valence-electron chi connectivity index (χ3n) is 2.88. The maximum absolute atomic E-state index is 5.61. The Balaban J connectivity index is 2.14. The summed E-state index contributed by atoms with van der Waals surface area (Å²) in [6.07, 6.45) is 6.69. The van der Waals surface area contributed by atoms with Crippen LogP contribution >= 0.6 is 0 Å². The molecule has 0 aliphatic carbocycles. The van der Waals surface area contributed by atoms with Gasteiger partial charge in [0.2, 0.25) is 0 Å². The van der Waals surface area contributed by atoms with Crippen LogP contribution in [0.5, 0.6) is 0 Å². The van der Waals surface area contributed by atoms with E-state index in [1.165, 1.54) is 0 Å². The van der Waals surface area contributed by atoms with Gasteiger partial charge in [-0.1, -0.05) is 6.92 Å². The first-order valence-electron chi connectivity index (χ1n) is 6.36. The van der Waals surface area contributed by atoms with Gasteiger partial charge in [-0.2, -0.15) is 5.10 Å². The normalized spacial score (nSPS) is 12.6. The van der Waals surface area contributed by atoms with Crippen LogP contribution in [-0.2, 0) is 13.0 Å². The highest BCUT2D eigenvalue weighted by Gasteiger charge is 2.16. The van der Waals surface area contributed by atoms with Crippen LogP contribution in [0.4, 0.5) is 0 Å². The summed E-state index contributed by atoms with van der Waals surface area (Å²) in [4.78, 5) is 12.9. The number of nitrogens with zero attached hydrogens (tertiary/aromatic N) is 5. The molecule has 0 saturated carbocycles. The van der Waals surface area contributed by atoms with Crippen LogP contribution in [0.2, 0.25) is 0 Å². The van der Waals surface area contributed by atoms with Gasteiger partial charge in [0.05, 0.1) is 23.6 Å². The lowest BCUT2D eigenvalue weighted by Gasteiger charge is -2.15. The Morgan fingerprint density at radius 3 is 2.79 bits per heavy atom. The monoisotopic (exact) mass is 261 g/mol. The Hall–Kier alpha value is -1.86. The highest BCUT2D eigenvalue weighted by Crippen LogP contribution is 2.13. The van der Waals surface area contributed by atoms with Crippen LogP contribution in [0, 0.1) is 6.92 Å². The largest absolute Gasteiger partial charge is 0.271 e. The van der Waals surface area contributed by atoms with E-state index in [0.29, 0.717) is 6.42 Å². The minimum Gasteiger partial charge on any atom is -0.271 e. The number of hydrogen-bond donors (Lipinski definition) is 2. The highest BCUT2D eigenvalue weighted by molar-refractivity contribution is 5.08. The predicted octanol–water partition coefficient (Wildman–Crippen LogP) is 0.534. The number of rotatable bonds is 6. The molecule has 102 valence electrons. The van der Waals surface area contributed by atoms with Crippen molar-refractivity contribution in [3.8, 4) is 0 Å². The lowest BCUT2D eigenvalue weighted by molar-refractivity contribution is 0.490. The molecule has 3 N–H and O–H groups in total. The van der Waals surface area contributed by atoms with Gasteiger partial charge in [-0.05, 0) is 13.3 Å². The number of aromatic nitrogens is 5. The second-order valence-electron chi connectivity index (χ2n) is 4.41. The second kappa shape index (κ2) is 6.35. The number of nitrogens with one attached hydrogen (secondary N) is 1. The molecule has 2 aromatic heterocycles. The SMILES string of the molecule is CCCn1ncnc1CC(NN)c1cnc(C)cn1. The van der Waals surface area contributed by atoms with Gasteiger partial charge >= 0.3 is 0 Å². The summed E-state index contributed by atoms with van der Waals surface area (Å²) < 4.78 is 1.89. The van der Waals surface area contributed by atoms with Gasteiger partial charge in [-0.15, -0.1) is 0 Å². The smallest absolute Gasteiger partial charge is 0.138 e. The van der Waals surface area contributed by atoms with Crippen LogP contribution in [0.25, 0.3) is 0 Å². The number of hydrogen-bond acceptors (Lipinski definition) is 6. The standard InChI is InChI=1S/C12H19N7/c1-3-4-19-12(16-8-17-19)5-10(18-13)11-7-14-9(2)6-15-11/h6-8,10,18H,3-5,13H2,1-2H3. The molecule has 0 radical (unpaired) electrons. The van der Waals surface area contributed by atoms with E-state index in [4.69, 9.17) is 5.84 Å². The third kappa shape index (κ3) is 3.33. The van der Waals surface area contributed by atoms with Gasteiger partial charge in [0.25, 0.3) is 0 Å². The number of aryl methyl sites for hydroxylation is 2. The van der Waals surface area contributed by atoms with E-state index in [0.717, 1.165) is 30.2 Å². The van der Waals surface area contributed by atoms with Crippen molar-refractivity contribution in [1.82, 2.24) is 30.2 Å². The fraction of sp³-hybridized carbons (Fsp3) is 0.500. The fourth-order valence-electron chi connectivity index (χ4n) is 1.86. The second-order valence-corrected chi connectivity index (χ2v) is 4.41. The minimum atomic E-state index is -0.118. The summed E-state index contributed by atoms with van der Waals surface area (Å²) >= 11 is 0. The maximum atomic E-state index is 5.61. The van der Waals surface area contributed by atoms with Crippen molar-refractivity contribution in [3.63, 3.8) is 0 Å². The van der Waals surface area contributed by atoms with Gasteiger partial charge in [-0.3, -0.25) is 25.9 Å². The first-order valence-corrected chi connectivity index (χ1v) is 6.36. The molecular weight excluding hydrogens is 242 g/mol. The fourth-order valence-corrected chi connectivity index (χ4v) is 1.86. The van der Waals surface area contributed by atoms with Crippen LogP contribution in [0.15, 0.2) is 18.7 Å². The molecule has 0 aliphatic rings. The summed E-state index contributed by atoms with van der Waals surface area (Å²) in [5, 5.41) is 4.20. The molecule has 0 fully saturated rings. The maximum Gasteiger partial charge on any atom is 0.138 e. The van der Waals surface area contributed by atoms with Gasteiger partial charge in [0, 0.05) is 19.2 Å². The number of hydrazine groups is 1. The predicted molar refractivity (Wildman–Crippen MR) is 70.9 cm³/mol. The molecule has 7 heteroatoms. The molecule has 2 heterocycles. The zero-order valence-corrected chi connectivity index (χ0v) is 11.2. The molecule has 2 aromatic rings. The van der Waals surface area contributed by atoms with E-state index in [2.05, 4.69) is 32.4 Å². The molecule has 0 amide bonds. The Bertz CT molecular complexity index is 505. The topological polar surface area (TPSA) is 94.5 Å². The van der Waals surface area contributed by atoms with Crippen molar-refractivity contribution in [1.29, 1.82) is 0 Å². The van der Waals surface area contributed by atoms with Gasteiger partial charge in [-0.25, -0.2) is 4.98 Å². The Morgan fingerprint density at radius 2 is 2.16 bits per heavy atom. The zero-order valence-electron chi connectivity index (χ0n) is 11.2. The summed E-state index contributed by atoms with van der Waals surface area (Å²) in [5.74, 6) is 6.50. The Labute approximate surface area is 112 Å². The van der Waals surface area contributed by atoms with Crippen molar-refractivity contribution >= 4 is 0 Å². The molecule has 0 bridgehead atoms. The van der Waals surface area contributed by atoms with E-state index >= 15 is 0 Å². The first kappa shape index (κ1) is 13.6. The van der Waals surface area contributed by atoms with Crippen molar-refractivity contribution in [3.05, 3.63) is 35.9 Å². The van der Waals surface area contributed by atoms with Crippen molar-refractivity contribution in [2.75, 3.05) is 0 Å². The van der Waals surface area contributed by atoms with E-state index in [1.807, 2.05) is 11.6 Å². The molecule has 1 unspecified atom stereocenters. The van der Waals surface area contributed by atoms with Crippen LogP contribution < -0.4 is 11.3 Å². The molecule has 0 saturated heterocycles. The Morgan fingerprint density at radius 1 is 1.32 bits per heavy atom. The molecule has 2 rings (SSSR count). The summed E-state index contributed by atoms with van der Waals surface area (Å²) in [6.45, 7) is 4.86. The van der Waals surface area contributed by atoms with Gasteiger partial charge in [0.1, 0.15) is 12.2 Å². The average molecular weight is 261 g/mol. The molecular formula is C12H19N7. The lowest BCUT2D eigenvalue weighted by atomic mass is 10.1. The summed E-state index contributed by atoms with van der Waals surface area (Å²) in [6, 6.07) is -0.118. The molecule has 0 spiro atoms. The average Bonchev–Trinajstić information content (AvgIpc) is 2.85. The molecule has 0 aliphatic heterocycles. The summed E-state index contributed by atoms with van der Waals surface area (Å²) in [5.41, 5.74) is 4.45. The van der Waals surface area contributed by atoms with Crippen LogP contribution in [0.3, 0.4) is 0 Å². The van der Waals surface area contributed by atoms with E-state index in [9.17, 15) is 0 Å². The van der Waals surface area contributed by atoms with E-state index in [-0.39, 0.29) is 6.04 Å². The summed E-state index contributed by atoms with van der Waals surface area (Å²) in [7, 11) is 0. The first-order chi connectivity index (χ1) is 9.24. The highest BCUT2D eigenvalue weighted by atomic mass is 15.3. The molecule has 1 atom stereocenters. The zero-order chi connectivity index (χ0) is 13.7. The van der Waals surface area contributed by atoms with Crippen molar-refractivity contribution < 1.29 is 0 Å². The molecule has 0 aromatic carbocycles. The van der Waals surface area contributed by atoms with Gasteiger partial charge in [0.15, 0.2) is 0 Å². The van der Waals surface area contributed by atoms with Crippen LogP contribution in [-0.4, -0.2) is 24.7 Å². The minimum absolute atomic E-state index is 0.118. The van der Waals surface area contributed by atoms with Gasteiger partial charge < -0.3 is 0 Å². The molecule has 7 nitrogen and oxygen atoms in total. The van der Waals surface area contributed by atoms with E-state index in [1.54, 1.807) is 18.7 Å².